The summed E-state index contributed by atoms with van der Waals surface area (Å²) in [5, 5.41) is 0. The molecular formula is C30H34O8. The van der Waals surface area contributed by atoms with Crippen LogP contribution in [0.15, 0.2) is 49.6 Å². The molecule has 0 N–H and O–H groups in total. The number of esters is 2. The molecular weight excluding hydrogens is 488 g/mol. The van der Waals surface area contributed by atoms with Crippen LogP contribution >= 0.6 is 0 Å². The summed E-state index contributed by atoms with van der Waals surface area (Å²) in [5.74, 6) is -0.391. The minimum atomic E-state index is -0.523. The average Bonchev–Trinajstić information content (AvgIpc) is 2.91. The first-order valence-electron chi connectivity index (χ1n) is 12.2. The third-order valence-corrected chi connectivity index (χ3v) is 6.13. The highest BCUT2D eigenvalue weighted by Gasteiger charge is 2.14. The topological polar surface area (TPSA) is 105 Å². The third-order valence-electron chi connectivity index (χ3n) is 6.13. The Balaban J connectivity index is 1.65. The van der Waals surface area contributed by atoms with E-state index in [-0.39, 0.29) is 38.0 Å². The lowest BCUT2D eigenvalue weighted by Crippen LogP contribution is -2.18. The molecule has 2 aromatic carbocycles. The predicted molar refractivity (Wildman–Crippen MR) is 143 cm³/mol. The van der Waals surface area contributed by atoms with Gasteiger partial charge in [-0.1, -0.05) is 13.2 Å². The number of allylic oxidation sites excluding steroid dienone is 2. The van der Waals surface area contributed by atoms with Crippen LogP contribution in [0, 0.1) is 27.7 Å². The van der Waals surface area contributed by atoms with E-state index in [2.05, 4.69) is 13.2 Å². The van der Waals surface area contributed by atoms with Crippen molar-refractivity contribution in [3.63, 3.8) is 0 Å². The van der Waals surface area contributed by atoms with Crippen LogP contribution < -0.4 is 9.47 Å². The molecule has 0 fully saturated rings. The molecule has 0 radical (unpaired) electrons. The van der Waals surface area contributed by atoms with Gasteiger partial charge in [-0.3, -0.25) is 9.59 Å². The highest BCUT2D eigenvalue weighted by atomic mass is 16.6. The molecule has 0 aromatic heterocycles. The monoisotopic (exact) mass is 522 g/mol. The van der Waals surface area contributed by atoms with Crippen molar-refractivity contribution in [2.45, 2.75) is 40.5 Å². The minimum Gasteiger partial charge on any atom is -0.482 e. The quantitative estimate of drug-likeness (QED) is 0.140. The first kappa shape index (κ1) is 30.0. The van der Waals surface area contributed by atoms with Gasteiger partial charge in [0.1, 0.15) is 11.5 Å². The molecule has 2 rings (SSSR count). The molecule has 0 amide bonds. The Kier molecular flexibility index (Phi) is 11.5. The summed E-state index contributed by atoms with van der Waals surface area (Å²) in [6.07, 6.45) is 3.53. The molecule has 0 aliphatic rings. The summed E-state index contributed by atoms with van der Waals surface area (Å²) in [5.41, 5.74) is 4.15. The smallest absolute Gasteiger partial charge is 0.344 e. The fraction of sp³-hybridized carbons (Fsp3) is 0.333. The fourth-order valence-corrected chi connectivity index (χ4v) is 3.59. The third kappa shape index (κ3) is 8.16. The van der Waals surface area contributed by atoms with E-state index in [1.165, 1.54) is 12.2 Å². The second-order valence-corrected chi connectivity index (χ2v) is 8.58. The largest absolute Gasteiger partial charge is 0.482 e. The number of benzene rings is 2. The van der Waals surface area contributed by atoms with Gasteiger partial charge in [-0.2, -0.15) is 0 Å². The molecule has 8 nitrogen and oxygen atoms in total. The van der Waals surface area contributed by atoms with Gasteiger partial charge in [0.2, 0.25) is 0 Å². The number of hydrogen-bond donors (Lipinski definition) is 0. The van der Waals surface area contributed by atoms with Crippen molar-refractivity contribution in [1.29, 1.82) is 0 Å². The zero-order valence-corrected chi connectivity index (χ0v) is 22.4. The molecule has 38 heavy (non-hydrogen) atoms. The van der Waals surface area contributed by atoms with E-state index in [4.69, 9.17) is 18.9 Å². The van der Waals surface area contributed by atoms with Crippen LogP contribution in [-0.4, -0.2) is 49.9 Å². The van der Waals surface area contributed by atoms with Crippen LogP contribution in [0.25, 0.3) is 0 Å². The number of ether oxygens (including phenoxy) is 4. The highest BCUT2D eigenvalue weighted by molar-refractivity contribution is 6.06. The molecule has 202 valence electrons. The molecule has 0 saturated heterocycles. The molecule has 0 aliphatic carbocycles. The Bertz CT molecular complexity index is 1130. The summed E-state index contributed by atoms with van der Waals surface area (Å²) >= 11 is 0. The molecule has 0 atom stereocenters. The van der Waals surface area contributed by atoms with Gasteiger partial charge in [-0.15, -0.1) is 0 Å². The SMILES string of the molecule is C=CC(=O)c1ccc(OCC(=O)OCCCCOC(=O)COc2ccc(C(=O)C=C)c(C)c2C)c(C)c1C. The Morgan fingerprint density at radius 3 is 1.34 bits per heavy atom. The van der Waals surface area contributed by atoms with Crippen LogP contribution in [0.2, 0.25) is 0 Å². The summed E-state index contributed by atoms with van der Waals surface area (Å²) in [6.45, 7) is 14.0. The summed E-state index contributed by atoms with van der Waals surface area (Å²) in [4.78, 5) is 47.7. The van der Waals surface area contributed by atoms with E-state index >= 15 is 0 Å². The van der Waals surface area contributed by atoms with Crippen molar-refractivity contribution >= 4 is 23.5 Å². The van der Waals surface area contributed by atoms with Crippen LogP contribution in [0.3, 0.4) is 0 Å². The minimum absolute atomic E-state index is 0.162. The van der Waals surface area contributed by atoms with Crippen molar-refractivity contribution in [3.05, 3.63) is 83.0 Å². The summed E-state index contributed by atoms with van der Waals surface area (Å²) in [6, 6.07) is 6.57. The summed E-state index contributed by atoms with van der Waals surface area (Å²) in [7, 11) is 0. The molecule has 0 bridgehead atoms. The van der Waals surface area contributed by atoms with Gasteiger partial charge in [0.15, 0.2) is 24.8 Å². The molecule has 0 heterocycles. The van der Waals surface area contributed by atoms with E-state index in [9.17, 15) is 19.2 Å². The first-order valence-corrected chi connectivity index (χ1v) is 12.2. The van der Waals surface area contributed by atoms with Gasteiger partial charge in [0.05, 0.1) is 13.2 Å². The second-order valence-electron chi connectivity index (χ2n) is 8.58. The van der Waals surface area contributed by atoms with Gasteiger partial charge in [0.25, 0.3) is 0 Å². The normalized spacial score (nSPS) is 10.3. The van der Waals surface area contributed by atoms with Gasteiger partial charge < -0.3 is 18.9 Å². The van der Waals surface area contributed by atoms with Crippen LogP contribution in [0.4, 0.5) is 0 Å². The van der Waals surface area contributed by atoms with Crippen LogP contribution in [0.1, 0.15) is 55.8 Å². The fourth-order valence-electron chi connectivity index (χ4n) is 3.59. The van der Waals surface area contributed by atoms with Crippen molar-refractivity contribution in [2.75, 3.05) is 26.4 Å². The van der Waals surface area contributed by atoms with Gasteiger partial charge in [-0.05, 0) is 99.2 Å². The average molecular weight is 523 g/mol. The number of rotatable bonds is 15. The van der Waals surface area contributed by atoms with E-state index < -0.39 is 11.9 Å². The van der Waals surface area contributed by atoms with Crippen molar-refractivity contribution in [1.82, 2.24) is 0 Å². The number of unbranched alkanes of at least 4 members (excludes halogenated alkanes) is 1. The maximum atomic E-state index is 12.0. The number of carbonyl (C=O) groups excluding carboxylic acids is 4. The second kappa shape index (κ2) is 14.5. The molecule has 0 unspecified atom stereocenters. The van der Waals surface area contributed by atoms with Crippen molar-refractivity contribution in [3.8, 4) is 11.5 Å². The van der Waals surface area contributed by atoms with Crippen LogP contribution in [-0.2, 0) is 19.1 Å². The molecule has 0 saturated carbocycles. The Morgan fingerprint density at radius 1 is 0.632 bits per heavy atom. The van der Waals surface area contributed by atoms with Crippen LogP contribution in [0.5, 0.6) is 11.5 Å². The van der Waals surface area contributed by atoms with E-state index in [1.807, 2.05) is 27.7 Å². The zero-order chi connectivity index (χ0) is 28.2. The van der Waals surface area contributed by atoms with Crippen molar-refractivity contribution < 1.29 is 38.1 Å². The number of ketones is 2. The number of hydrogen-bond acceptors (Lipinski definition) is 8. The Labute approximate surface area is 223 Å². The lowest BCUT2D eigenvalue weighted by Gasteiger charge is -2.13. The molecule has 2 aromatic rings. The van der Waals surface area contributed by atoms with Gasteiger partial charge >= 0.3 is 11.9 Å². The highest BCUT2D eigenvalue weighted by Crippen LogP contribution is 2.26. The van der Waals surface area contributed by atoms with E-state index in [0.717, 1.165) is 22.3 Å². The predicted octanol–water partition coefficient (Wildman–Crippen LogP) is 4.98. The molecule has 8 heteroatoms. The summed E-state index contributed by atoms with van der Waals surface area (Å²) < 4.78 is 21.4. The Morgan fingerprint density at radius 2 is 1.00 bits per heavy atom. The van der Waals surface area contributed by atoms with E-state index in [1.54, 1.807) is 24.3 Å². The number of carbonyl (C=O) groups is 4. The van der Waals surface area contributed by atoms with Gasteiger partial charge in [0, 0.05) is 11.1 Å². The van der Waals surface area contributed by atoms with E-state index in [0.29, 0.717) is 35.5 Å². The standard InChI is InChI=1S/C30H34O8/c1-7-25(31)23-11-13-27(21(5)19(23)3)37-17-29(33)35-15-9-10-16-36-30(34)18-38-28-14-12-24(26(32)8-2)20(4)22(28)6/h7-8,11-14H,1-2,9-10,15-18H2,3-6H3. The van der Waals surface area contributed by atoms with Crippen molar-refractivity contribution in [2.24, 2.45) is 0 Å². The molecule has 0 spiro atoms. The maximum Gasteiger partial charge on any atom is 0.344 e. The lowest BCUT2D eigenvalue weighted by atomic mass is 9.99. The lowest BCUT2D eigenvalue weighted by molar-refractivity contribution is -0.148. The maximum absolute atomic E-state index is 12.0. The Hall–Kier alpha value is -4.20. The molecule has 0 aliphatic heterocycles. The first-order chi connectivity index (χ1) is 18.1. The van der Waals surface area contributed by atoms with Gasteiger partial charge in [-0.25, -0.2) is 9.59 Å². The zero-order valence-electron chi connectivity index (χ0n) is 22.4.